The summed E-state index contributed by atoms with van der Waals surface area (Å²) in [5.74, 6) is 0.503. The topological polar surface area (TPSA) is 102 Å². The molecule has 3 heterocycles. The highest BCUT2D eigenvalue weighted by Crippen LogP contribution is 2.18. The molecule has 1 aliphatic rings. The summed E-state index contributed by atoms with van der Waals surface area (Å²) in [6.07, 6.45) is 4.91. The Labute approximate surface area is 125 Å². The Kier molecular flexibility index (Phi) is 3.73. The summed E-state index contributed by atoms with van der Waals surface area (Å²) in [5.41, 5.74) is 0.489. The molecule has 0 saturated carbocycles. The van der Waals surface area contributed by atoms with Crippen LogP contribution in [-0.2, 0) is 0 Å². The molecule has 1 amide bonds. The number of nitrogens with zero attached hydrogens (tertiary/aromatic N) is 3. The van der Waals surface area contributed by atoms with E-state index in [-0.39, 0.29) is 17.6 Å². The van der Waals surface area contributed by atoms with Gasteiger partial charge in [-0.2, -0.15) is 0 Å². The maximum atomic E-state index is 12.2. The number of carbonyl (C=O) groups excluding carboxylic acids is 1. The predicted octanol–water partition coefficient (Wildman–Crippen LogP) is 1.91. The Morgan fingerprint density at radius 1 is 1.45 bits per heavy atom. The Morgan fingerprint density at radius 2 is 2.32 bits per heavy atom. The van der Waals surface area contributed by atoms with Gasteiger partial charge < -0.3 is 14.6 Å². The highest BCUT2D eigenvalue weighted by Gasteiger charge is 2.27. The average Bonchev–Trinajstić information content (AvgIpc) is 3.19. The summed E-state index contributed by atoms with van der Waals surface area (Å²) in [5, 5.41) is 13.8. The lowest BCUT2D eigenvalue weighted by atomic mass is 10.2. The fraction of sp³-hybridized carbons (Fsp3) is 0.286. The van der Waals surface area contributed by atoms with Gasteiger partial charge in [0.05, 0.1) is 16.7 Å². The van der Waals surface area contributed by atoms with Crippen LogP contribution < -0.4 is 5.32 Å². The van der Waals surface area contributed by atoms with E-state index in [1.54, 1.807) is 17.0 Å². The third kappa shape index (κ3) is 2.90. The van der Waals surface area contributed by atoms with Gasteiger partial charge in [-0.3, -0.25) is 14.9 Å². The molecular formula is C14H14N4O4. The Bertz CT molecular complexity index is 669. The van der Waals surface area contributed by atoms with Gasteiger partial charge in [0, 0.05) is 25.2 Å². The molecule has 0 aliphatic carbocycles. The average molecular weight is 302 g/mol. The quantitative estimate of drug-likeness (QED) is 0.683. The minimum absolute atomic E-state index is 0.0475. The first-order chi connectivity index (χ1) is 10.6. The van der Waals surface area contributed by atoms with Gasteiger partial charge in [-0.25, -0.2) is 4.98 Å². The summed E-state index contributed by atoms with van der Waals surface area (Å²) in [6, 6.07) is 4.68. The third-order valence-corrected chi connectivity index (χ3v) is 3.55. The maximum Gasteiger partial charge on any atom is 0.287 e. The number of aromatic nitrogens is 1. The van der Waals surface area contributed by atoms with Crippen LogP contribution >= 0.6 is 0 Å². The highest BCUT2D eigenvalue weighted by molar-refractivity contribution is 5.94. The molecule has 1 aliphatic heterocycles. The standard InChI is InChI=1S/C14H14N4O4/c19-14(10-4-6-22-9-10)17-5-3-11(8-17)16-13-2-1-12(7-15-13)18(20)21/h1-2,4,6-7,9,11H,3,5,8H2,(H,15,16)/t11-/m0/s1. The molecule has 0 unspecified atom stereocenters. The number of nitro groups is 1. The second-order valence-corrected chi connectivity index (χ2v) is 5.05. The van der Waals surface area contributed by atoms with E-state index in [0.29, 0.717) is 24.5 Å². The van der Waals surface area contributed by atoms with Crippen molar-refractivity contribution in [1.29, 1.82) is 0 Å². The Morgan fingerprint density at radius 3 is 2.95 bits per heavy atom. The number of furan rings is 1. The van der Waals surface area contributed by atoms with Crippen molar-refractivity contribution < 1.29 is 14.1 Å². The molecule has 3 rings (SSSR count). The molecule has 1 atom stereocenters. The second-order valence-electron chi connectivity index (χ2n) is 5.05. The summed E-state index contributed by atoms with van der Waals surface area (Å²) in [7, 11) is 0. The van der Waals surface area contributed by atoms with Crippen molar-refractivity contribution in [2.75, 3.05) is 18.4 Å². The van der Waals surface area contributed by atoms with E-state index in [1.807, 2.05) is 0 Å². The lowest BCUT2D eigenvalue weighted by molar-refractivity contribution is -0.385. The van der Waals surface area contributed by atoms with Gasteiger partial charge in [-0.15, -0.1) is 0 Å². The van der Waals surface area contributed by atoms with Gasteiger partial charge in [0.2, 0.25) is 0 Å². The van der Waals surface area contributed by atoms with Gasteiger partial charge in [-0.1, -0.05) is 0 Å². The lowest BCUT2D eigenvalue weighted by Gasteiger charge is -2.16. The number of pyridine rings is 1. The summed E-state index contributed by atoms with van der Waals surface area (Å²) in [4.78, 5) is 28.0. The van der Waals surface area contributed by atoms with Crippen molar-refractivity contribution in [2.24, 2.45) is 0 Å². The number of anilines is 1. The molecule has 8 nitrogen and oxygen atoms in total. The van der Waals surface area contributed by atoms with E-state index in [2.05, 4.69) is 10.3 Å². The fourth-order valence-corrected chi connectivity index (χ4v) is 2.42. The third-order valence-electron chi connectivity index (χ3n) is 3.55. The molecule has 8 heteroatoms. The van der Waals surface area contributed by atoms with Crippen LogP contribution in [0, 0.1) is 10.1 Å². The molecule has 114 valence electrons. The number of hydrogen-bond donors (Lipinski definition) is 1. The zero-order valence-corrected chi connectivity index (χ0v) is 11.6. The van der Waals surface area contributed by atoms with Gasteiger partial charge in [-0.05, 0) is 18.6 Å². The normalized spacial score (nSPS) is 17.5. The molecule has 2 aromatic rings. The first kappa shape index (κ1) is 14.1. The largest absolute Gasteiger partial charge is 0.472 e. The summed E-state index contributed by atoms with van der Waals surface area (Å²) < 4.78 is 4.92. The Hall–Kier alpha value is -2.90. The van der Waals surface area contributed by atoms with Crippen LogP contribution in [-0.4, -0.2) is 39.8 Å². The van der Waals surface area contributed by atoms with Crippen molar-refractivity contribution in [1.82, 2.24) is 9.88 Å². The number of nitrogens with one attached hydrogen (secondary N) is 1. The van der Waals surface area contributed by atoms with E-state index >= 15 is 0 Å². The lowest BCUT2D eigenvalue weighted by Crippen LogP contribution is -2.31. The molecule has 22 heavy (non-hydrogen) atoms. The van der Waals surface area contributed by atoms with E-state index in [0.717, 1.165) is 6.42 Å². The number of hydrogen-bond acceptors (Lipinski definition) is 6. The molecule has 0 spiro atoms. The van der Waals surface area contributed by atoms with Crippen LogP contribution in [0.5, 0.6) is 0 Å². The minimum Gasteiger partial charge on any atom is -0.472 e. The molecule has 0 bridgehead atoms. The monoisotopic (exact) mass is 302 g/mol. The predicted molar refractivity (Wildman–Crippen MR) is 77.5 cm³/mol. The number of rotatable bonds is 4. The highest BCUT2D eigenvalue weighted by atomic mass is 16.6. The van der Waals surface area contributed by atoms with Gasteiger partial charge in [0.25, 0.3) is 11.6 Å². The Balaban J connectivity index is 1.59. The van der Waals surface area contributed by atoms with Crippen LogP contribution in [0.15, 0.2) is 41.3 Å². The second kappa shape index (κ2) is 5.84. The van der Waals surface area contributed by atoms with Crippen molar-refractivity contribution in [3.8, 4) is 0 Å². The minimum atomic E-state index is -0.488. The number of likely N-dealkylation sites (tertiary alicyclic amines) is 1. The molecule has 0 radical (unpaired) electrons. The molecule has 2 aromatic heterocycles. The fourth-order valence-electron chi connectivity index (χ4n) is 2.42. The number of amides is 1. The van der Waals surface area contributed by atoms with Crippen LogP contribution in [0.4, 0.5) is 11.5 Å². The van der Waals surface area contributed by atoms with E-state index in [4.69, 9.17) is 4.42 Å². The van der Waals surface area contributed by atoms with E-state index < -0.39 is 4.92 Å². The molecule has 1 fully saturated rings. The summed E-state index contributed by atoms with van der Waals surface area (Å²) >= 11 is 0. The first-order valence-electron chi connectivity index (χ1n) is 6.82. The van der Waals surface area contributed by atoms with Crippen molar-refractivity contribution in [3.63, 3.8) is 0 Å². The zero-order chi connectivity index (χ0) is 15.5. The van der Waals surface area contributed by atoms with Gasteiger partial charge in [0.1, 0.15) is 18.3 Å². The van der Waals surface area contributed by atoms with Crippen molar-refractivity contribution >= 4 is 17.4 Å². The van der Waals surface area contributed by atoms with Crippen LogP contribution in [0.25, 0.3) is 0 Å². The van der Waals surface area contributed by atoms with Gasteiger partial charge in [0.15, 0.2) is 0 Å². The van der Waals surface area contributed by atoms with E-state index in [9.17, 15) is 14.9 Å². The SMILES string of the molecule is O=C(c1ccoc1)N1CC[C@H](Nc2ccc([N+](=O)[O-])cn2)C1. The molecule has 1 saturated heterocycles. The van der Waals surface area contributed by atoms with Crippen LogP contribution in [0.3, 0.4) is 0 Å². The van der Waals surface area contributed by atoms with Crippen LogP contribution in [0.1, 0.15) is 16.8 Å². The molecular weight excluding hydrogens is 288 g/mol. The van der Waals surface area contributed by atoms with Gasteiger partial charge >= 0.3 is 0 Å². The van der Waals surface area contributed by atoms with Crippen molar-refractivity contribution in [2.45, 2.75) is 12.5 Å². The number of carbonyl (C=O) groups is 1. The maximum absolute atomic E-state index is 12.2. The molecule has 1 N–H and O–H groups in total. The summed E-state index contributed by atoms with van der Waals surface area (Å²) in [6.45, 7) is 1.21. The smallest absolute Gasteiger partial charge is 0.287 e. The van der Waals surface area contributed by atoms with Crippen molar-refractivity contribution in [3.05, 3.63) is 52.6 Å². The molecule has 0 aromatic carbocycles. The van der Waals surface area contributed by atoms with E-state index in [1.165, 1.54) is 24.8 Å². The zero-order valence-electron chi connectivity index (χ0n) is 11.6. The first-order valence-corrected chi connectivity index (χ1v) is 6.82. The van der Waals surface area contributed by atoms with Crippen LogP contribution in [0.2, 0.25) is 0 Å².